The first-order valence-corrected chi connectivity index (χ1v) is 10.6. The van der Waals surface area contributed by atoms with Crippen molar-refractivity contribution in [3.05, 3.63) is 69.2 Å². The molecule has 1 N–H and O–H groups in total. The van der Waals surface area contributed by atoms with Gasteiger partial charge in [0.2, 0.25) is 0 Å². The van der Waals surface area contributed by atoms with E-state index in [9.17, 15) is 9.59 Å². The third-order valence-electron chi connectivity index (χ3n) is 5.29. The molecule has 1 fully saturated rings. The fourth-order valence-electron chi connectivity index (χ4n) is 3.46. The first-order chi connectivity index (χ1) is 13.6. The van der Waals surface area contributed by atoms with Crippen molar-refractivity contribution in [3.63, 3.8) is 0 Å². The maximum Gasteiger partial charge on any atom is 0.253 e. The van der Waals surface area contributed by atoms with Gasteiger partial charge in [0.25, 0.3) is 11.8 Å². The van der Waals surface area contributed by atoms with Crippen LogP contribution in [0.25, 0.3) is 0 Å². The maximum absolute atomic E-state index is 12.8. The number of nitrogens with zero attached hydrogens (tertiary/aromatic N) is 1. The first kappa shape index (κ1) is 21.7. The zero-order valence-electron chi connectivity index (χ0n) is 17.0. The Morgan fingerprint density at radius 3 is 2.21 bits per heavy atom. The molecule has 2 amide bonds. The van der Waals surface area contributed by atoms with Gasteiger partial charge < -0.3 is 10.2 Å². The highest BCUT2D eigenvalue weighted by Crippen LogP contribution is 2.24. The summed E-state index contributed by atoms with van der Waals surface area (Å²) in [5, 5.41) is 3.85. The average molecular weight is 433 g/mol. The Morgan fingerprint density at radius 1 is 1.00 bits per heavy atom. The van der Waals surface area contributed by atoms with E-state index < -0.39 is 0 Å². The average Bonchev–Trinajstić information content (AvgIpc) is 2.69. The summed E-state index contributed by atoms with van der Waals surface area (Å²) in [6.07, 6.45) is 1.41. The van der Waals surface area contributed by atoms with Crippen LogP contribution >= 0.6 is 23.2 Å². The van der Waals surface area contributed by atoms with Crippen LogP contribution in [0.5, 0.6) is 0 Å². The zero-order valence-corrected chi connectivity index (χ0v) is 18.5. The van der Waals surface area contributed by atoms with Gasteiger partial charge in [-0.3, -0.25) is 9.59 Å². The van der Waals surface area contributed by atoms with Crippen LogP contribution in [-0.2, 0) is 5.41 Å². The van der Waals surface area contributed by atoms with Crippen LogP contribution in [0, 0.1) is 0 Å². The number of carbonyl (C=O) groups is 2. The molecule has 1 aliphatic rings. The fraction of sp³-hybridized carbons (Fsp3) is 0.391. The van der Waals surface area contributed by atoms with Gasteiger partial charge in [0.1, 0.15) is 0 Å². The number of likely N-dealkylation sites (tertiary alicyclic amines) is 1. The summed E-state index contributed by atoms with van der Waals surface area (Å²) in [5.74, 6) is -0.201. The Morgan fingerprint density at radius 2 is 1.62 bits per heavy atom. The van der Waals surface area contributed by atoms with Crippen LogP contribution < -0.4 is 5.32 Å². The van der Waals surface area contributed by atoms with E-state index in [1.807, 2.05) is 29.2 Å². The van der Waals surface area contributed by atoms with Crippen molar-refractivity contribution in [2.75, 3.05) is 13.1 Å². The zero-order chi connectivity index (χ0) is 21.2. The third kappa shape index (κ3) is 5.31. The van der Waals surface area contributed by atoms with E-state index in [0.717, 1.165) is 0 Å². The van der Waals surface area contributed by atoms with E-state index in [4.69, 9.17) is 23.2 Å². The Balaban J connectivity index is 1.56. The van der Waals surface area contributed by atoms with Crippen molar-refractivity contribution in [1.29, 1.82) is 0 Å². The molecule has 0 saturated carbocycles. The van der Waals surface area contributed by atoms with Gasteiger partial charge in [-0.25, -0.2) is 0 Å². The Labute approximate surface area is 182 Å². The number of carbonyl (C=O) groups excluding carboxylic acids is 2. The fourth-order valence-corrected chi connectivity index (χ4v) is 3.83. The Bertz CT molecular complexity index is 896. The second-order valence-corrected chi connectivity index (χ2v) is 9.34. The Hall–Kier alpha value is -2.04. The van der Waals surface area contributed by atoms with Crippen molar-refractivity contribution in [2.24, 2.45) is 0 Å². The van der Waals surface area contributed by atoms with Gasteiger partial charge in [0.15, 0.2) is 0 Å². The monoisotopic (exact) mass is 432 g/mol. The molecule has 0 spiro atoms. The van der Waals surface area contributed by atoms with Gasteiger partial charge in [-0.2, -0.15) is 0 Å². The van der Waals surface area contributed by atoms with Crippen molar-refractivity contribution in [2.45, 2.75) is 45.1 Å². The summed E-state index contributed by atoms with van der Waals surface area (Å²) >= 11 is 12.1. The summed E-state index contributed by atoms with van der Waals surface area (Å²) in [7, 11) is 0. The molecule has 1 aliphatic heterocycles. The summed E-state index contributed by atoms with van der Waals surface area (Å²) in [6, 6.07) is 12.7. The van der Waals surface area contributed by atoms with Crippen LogP contribution in [-0.4, -0.2) is 35.8 Å². The summed E-state index contributed by atoms with van der Waals surface area (Å²) < 4.78 is 0. The van der Waals surface area contributed by atoms with Crippen molar-refractivity contribution >= 4 is 35.0 Å². The van der Waals surface area contributed by atoms with Gasteiger partial charge in [0.05, 0.1) is 10.6 Å². The highest BCUT2D eigenvalue weighted by molar-refractivity contribution is 6.35. The van der Waals surface area contributed by atoms with Crippen LogP contribution in [0.4, 0.5) is 0 Å². The molecule has 0 radical (unpaired) electrons. The molecule has 6 heteroatoms. The molecule has 4 nitrogen and oxygen atoms in total. The molecule has 2 aromatic rings. The number of nitrogens with one attached hydrogen (secondary N) is 1. The van der Waals surface area contributed by atoms with Crippen LogP contribution in [0.15, 0.2) is 42.5 Å². The van der Waals surface area contributed by atoms with E-state index in [0.29, 0.717) is 47.1 Å². The highest BCUT2D eigenvalue weighted by atomic mass is 35.5. The first-order valence-electron chi connectivity index (χ1n) is 9.81. The van der Waals surface area contributed by atoms with Gasteiger partial charge in [0, 0.05) is 29.7 Å². The smallest absolute Gasteiger partial charge is 0.253 e. The molecule has 3 rings (SSSR count). The second-order valence-electron chi connectivity index (χ2n) is 8.49. The van der Waals surface area contributed by atoms with Gasteiger partial charge >= 0.3 is 0 Å². The van der Waals surface area contributed by atoms with E-state index in [1.165, 1.54) is 5.56 Å². The molecule has 0 aliphatic carbocycles. The minimum atomic E-state index is -0.236. The quantitative estimate of drug-likeness (QED) is 0.712. The van der Waals surface area contributed by atoms with Crippen LogP contribution in [0.1, 0.15) is 59.9 Å². The molecule has 154 valence electrons. The maximum atomic E-state index is 12.8. The van der Waals surface area contributed by atoms with E-state index in [2.05, 4.69) is 26.1 Å². The number of benzene rings is 2. The van der Waals surface area contributed by atoms with Crippen molar-refractivity contribution < 1.29 is 9.59 Å². The molecule has 1 saturated heterocycles. The van der Waals surface area contributed by atoms with Crippen molar-refractivity contribution in [3.8, 4) is 0 Å². The van der Waals surface area contributed by atoms with Crippen LogP contribution in [0.3, 0.4) is 0 Å². The lowest BCUT2D eigenvalue weighted by Gasteiger charge is -2.32. The number of piperidine rings is 1. The SMILES string of the molecule is CC(C)(C)c1ccc(C(=O)N2CCC(NC(=O)c3cc(Cl)ccc3Cl)CC2)cc1. The topological polar surface area (TPSA) is 49.4 Å². The van der Waals surface area contributed by atoms with Crippen molar-refractivity contribution in [1.82, 2.24) is 10.2 Å². The van der Waals surface area contributed by atoms with Gasteiger partial charge in [-0.1, -0.05) is 56.1 Å². The largest absolute Gasteiger partial charge is 0.349 e. The molecule has 1 heterocycles. The summed E-state index contributed by atoms with van der Waals surface area (Å²) in [4.78, 5) is 27.1. The van der Waals surface area contributed by atoms with Gasteiger partial charge in [-0.15, -0.1) is 0 Å². The van der Waals surface area contributed by atoms with E-state index >= 15 is 0 Å². The molecule has 2 aromatic carbocycles. The lowest BCUT2D eigenvalue weighted by molar-refractivity contribution is 0.0698. The molecule has 0 aromatic heterocycles. The normalized spacial score (nSPS) is 15.3. The van der Waals surface area contributed by atoms with E-state index in [1.54, 1.807) is 18.2 Å². The molecule has 0 atom stereocenters. The summed E-state index contributed by atoms with van der Waals surface area (Å²) in [5.41, 5.74) is 2.34. The number of halogens is 2. The number of hydrogen-bond acceptors (Lipinski definition) is 2. The number of amides is 2. The standard InChI is InChI=1S/C23H26Cl2N2O2/c1-23(2,3)16-6-4-15(5-7-16)22(29)27-12-10-18(11-13-27)26-21(28)19-14-17(24)8-9-20(19)25/h4-9,14,18H,10-13H2,1-3H3,(H,26,28). The minimum Gasteiger partial charge on any atom is -0.349 e. The molecular weight excluding hydrogens is 407 g/mol. The lowest BCUT2D eigenvalue weighted by Crippen LogP contribution is -2.46. The molecule has 0 bridgehead atoms. The van der Waals surface area contributed by atoms with Gasteiger partial charge in [-0.05, 0) is 54.2 Å². The number of hydrogen-bond donors (Lipinski definition) is 1. The highest BCUT2D eigenvalue weighted by Gasteiger charge is 2.25. The Kier molecular flexibility index (Phi) is 6.55. The van der Waals surface area contributed by atoms with E-state index in [-0.39, 0.29) is 23.3 Å². The second kappa shape index (κ2) is 8.76. The summed E-state index contributed by atoms with van der Waals surface area (Å²) in [6.45, 7) is 7.67. The number of rotatable bonds is 3. The molecule has 29 heavy (non-hydrogen) atoms. The molecule has 0 unspecified atom stereocenters. The predicted molar refractivity (Wildman–Crippen MR) is 118 cm³/mol. The predicted octanol–water partition coefficient (Wildman–Crippen LogP) is 5.33. The molecular formula is C23H26Cl2N2O2. The lowest BCUT2D eigenvalue weighted by atomic mass is 9.86. The third-order valence-corrected chi connectivity index (χ3v) is 5.85. The van der Waals surface area contributed by atoms with Crippen LogP contribution in [0.2, 0.25) is 10.0 Å². The minimum absolute atomic E-state index is 0.00450.